The van der Waals surface area contributed by atoms with Gasteiger partial charge in [-0.2, -0.15) is 16.9 Å². The molecule has 0 aliphatic rings. The van der Waals surface area contributed by atoms with E-state index in [1.165, 1.54) is 11.8 Å². The van der Waals surface area contributed by atoms with Gasteiger partial charge in [-0.25, -0.2) is 4.79 Å². The van der Waals surface area contributed by atoms with E-state index in [9.17, 15) is 9.59 Å². The quantitative estimate of drug-likeness (QED) is 0.488. The van der Waals surface area contributed by atoms with Crippen molar-refractivity contribution in [2.24, 2.45) is 0 Å². The van der Waals surface area contributed by atoms with Gasteiger partial charge in [0.25, 0.3) is 0 Å². The summed E-state index contributed by atoms with van der Waals surface area (Å²) in [5.74, 6) is 0.0973. The highest BCUT2D eigenvalue weighted by Gasteiger charge is 2.15. The predicted molar refractivity (Wildman–Crippen MR) is 60.2 cm³/mol. The van der Waals surface area contributed by atoms with Gasteiger partial charge < -0.3 is 10.4 Å². The number of hydrogen-bond acceptors (Lipinski definition) is 4. The van der Waals surface area contributed by atoms with E-state index in [4.69, 9.17) is 5.11 Å². The first-order chi connectivity index (χ1) is 7.74. The van der Waals surface area contributed by atoms with Gasteiger partial charge in [0.2, 0.25) is 6.41 Å². The lowest BCUT2D eigenvalue weighted by atomic mass is 10.3. The van der Waals surface area contributed by atoms with Gasteiger partial charge in [-0.3, -0.25) is 9.48 Å². The van der Waals surface area contributed by atoms with Crippen molar-refractivity contribution < 1.29 is 14.7 Å². The van der Waals surface area contributed by atoms with Crippen LogP contribution < -0.4 is 5.32 Å². The molecule has 1 amide bonds. The number of hydrogen-bond donors (Lipinski definition) is 2. The molecular weight excluding hydrogens is 230 g/mol. The highest BCUT2D eigenvalue weighted by molar-refractivity contribution is 7.99. The molecular formula is C9H13N3O3S. The minimum atomic E-state index is -1.02. The molecule has 0 saturated heterocycles. The average molecular weight is 243 g/mol. The molecule has 1 heterocycles. The number of thioether (sulfide) groups is 1. The zero-order chi connectivity index (χ0) is 11.8. The van der Waals surface area contributed by atoms with Gasteiger partial charge in [0.05, 0.1) is 0 Å². The molecule has 0 radical (unpaired) electrons. The molecule has 1 atom stereocenters. The van der Waals surface area contributed by atoms with E-state index in [1.807, 2.05) is 12.3 Å². The minimum Gasteiger partial charge on any atom is -0.480 e. The fraction of sp³-hybridized carbons (Fsp3) is 0.444. The van der Waals surface area contributed by atoms with Crippen molar-refractivity contribution in [3.8, 4) is 0 Å². The normalized spacial score (nSPS) is 12.0. The third-order valence-electron chi connectivity index (χ3n) is 1.88. The maximum Gasteiger partial charge on any atom is 0.327 e. The van der Waals surface area contributed by atoms with Crippen LogP contribution in [0.25, 0.3) is 0 Å². The van der Waals surface area contributed by atoms with Crippen molar-refractivity contribution in [1.82, 2.24) is 15.1 Å². The Hall–Kier alpha value is -1.50. The molecule has 88 valence electrons. The largest absolute Gasteiger partial charge is 0.480 e. The highest BCUT2D eigenvalue weighted by Crippen LogP contribution is 2.04. The topological polar surface area (TPSA) is 84.2 Å². The van der Waals surface area contributed by atoms with E-state index in [2.05, 4.69) is 10.4 Å². The van der Waals surface area contributed by atoms with Gasteiger partial charge >= 0.3 is 5.97 Å². The summed E-state index contributed by atoms with van der Waals surface area (Å²) >= 11 is 1.46. The summed E-state index contributed by atoms with van der Waals surface area (Å²) < 4.78 is 1.77. The standard InChI is InChI=1S/C9H13N3O3S/c13-7-10-8(9(14)15)6-16-5-4-12-3-1-2-11-12/h1-3,7-8H,4-6H2,(H,10,13)(H,14,15). The number of carboxylic acid groups (broad SMARTS) is 1. The summed E-state index contributed by atoms with van der Waals surface area (Å²) in [5, 5.41) is 15.0. The molecule has 7 heteroatoms. The summed E-state index contributed by atoms with van der Waals surface area (Å²) in [5.41, 5.74) is 0. The first-order valence-electron chi connectivity index (χ1n) is 4.71. The van der Waals surface area contributed by atoms with Crippen LogP contribution in [-0.2, 0) is 16.1 Å². The summed E-state index contributed by atoms with van der Waals surface area (Å²) in [6, 6.07) is 1.01. The number of carbonyl (C=O) groups is 2. The molecule has 1 rings (SSSR count). The van der Waals surface area contributed by atoms with Gasteiger partial charge in [-0.15, -0.1) is 0 Å². The average Bonchev–Trinajstić information content (AvgIpc) is 2.75. The van der Waals surface area contributed by atoms with Crippen LogP contribution in [0, 0.1) is 0 Å². The molecule has 1 aromatic rings. The van der Waals surface area contributed by atoms with Crippen molar-refractivity contribution in [3.63, 3.8) is 0 Å². The lowest BCUT2D eigenvalue weighted by molar-refractivity contribution is -0.139. The van der Waals surface area contributed by atoms with E-state index < -0.39 is 12.0 Å². The number of aliphatic carboxylic acids is 1. The molecule has 2 N–H and O–H groups in total. The maximum absolute atomic E-state index is 10.7. The number of carboxylic acids is 1. The Morgan fingerprint density at radius 1 is 1.69 bits per heavy atom. The van der Waals surface area contributed by atoms with Gasteiger partial charge in [-0.05, 0) is 6.07 Å². The molecule has 1 aromatic heterocycles. The second-order valence-electron chi connectivity index (χ2n) is 3.02. The minimum absolute atomic E-state index is 0.356. The van der Waals surface area contributed by atoms with Crippen LogP contribution in [-0.4, -0.2) is 44.8 Å². The molecule has 0 spiro atoms. The van der Waals surface area contributed by atoms with Gasteiger partial charge in [0.1, 0.15) is 6.04 Å². The Balaban J connectivity index is 2.18. The smallest absolute Gasteiger partial charge is 0.327 e. The zero-order valence-electron chi connectivity index (χ0n) is 8.57. The summed E-state index contributed by atoms with van der Waals surface area (Å²) in [6.45, 7) is 0.727. The Morgan fingerprint density at radius 2 is 2.50 bits per heavy atom. The number of nitrogens with one attached hydrogen (secondary N) is 1. The second kappa shape index (κ2) is 6.89. The molecule has 0 saturated carbocycles. The summed E-state index contributed by atoms with van der Waals surface area (Å²) in [6.07, 6.45) is 3.95. The van der Waals surface area contributed by atoms with E-state index in [1.54, 1.807) is 10.9 Å². The summed E-state index contributed by atoms with van der Waals surface area (Å²) in [7, 11) is 0. The first-order valence-corrected chi connectivity index (χ1v) is 5.87. The first kappa shape index (κ1) is 12.6. The van der Waals surface area contributed by atoms with Gasteiger partial charge in [-0.1, -0.05) is 0 Å². The third-order valence-corrected chi connectivity index (χ3v) is 2.92. The number of amides is 1. The van der Waals surface area contributed by atoms with E-state index in [0.29, 0.717) is 12.2 Å². The van der Waals surface area contributed by atoms with Crippen molar-refractivity contribution in [3.05, 3.63) is 18.5 Å². The SMILES string of the molecule is O=CNC(CSCCn1cccn1)C(=O)O. The molecule has 16 heavy (non-hydrogen) atoms. The number of aromatic nitrogens is 2. The van der Waals surface area contributed by atoms with Gasteiger partial charge in [0.15, 0.2) is 0 Å². The fourth-order valence-electron chi connectivity index (χ4n) is 1.06. The lowest BCUT2D eigenvalue weighted by Crippen LogP contribution is -2.38. The van der Waals surface area contributed by atoms with Crippen molar-refractivity contribution in [1.29, 1.82) is 0 Å². The number of carbonyl (C=O) groups excluding carboxylic acids is 1. The molecule has 0 aliphatic heterocycles. The van der Waals surface area contributed by atoms with E-state index >= 15 is 0 Å². The number of aryl methyl sites for hydroxylation is 1. The summed E-state index contributed by atoms with van der Waals surface area (Å²) in [4.78, 5) is 20.8. The lowest BCUT2D eigenvalue weighted by Gasteiger charge is -2.10. The van der Waals surface area contributed by atoms with Crippen LogP contribution in [0.2, 0.25) is 0 Å². The number of rotatable bonds is 8. The Kier molecular flexibility index (Phi) is 5.41. The van der Waals surface area contributed by atoms with Crippen molar-refractivity contribution >= 4 is 24.1 Å². The molecule has 0 bridgehead atoms. The van der Waals surface area contributed by atoms with Crippen LogP contribution in [0.1, 0.15) is 0 Å². The molecule has 0 aliphatic carbocycles. The zero-order valence-corrected chi connectivity index (χ0v) is 9.39. The fourth-order valence-corrected chi connectivity index (χ4v) is 2.02. The second-order valence-corrected chi connectivity index (χ2v) is 4.17. The van der Waals surface area contributed by atoms with Crippen LogP contribution in [0.4, 0.5) is 0 Å². The Morgan fingerprint density at radius 3 is 3.06 bits per heavy atom. The monoisotopic (exact) mass is 243 g/mol. The number of nitrogens with zero attached hydrogens (tertiary/aromatic N) is 2. The predicted octanol–water partition coefficient (Wildman–Crippen LogP) is -0.185. The van der Waals surface area contributed by atoms with Crippen LogP contribution in [0.5, 0.6) is 0 Å². The van der Waals surface area contributed by atoms with Crippen molar-refractivity contribution in [2.75, 3.05) is 11.5 Å². The van der Waals surface area contributed by atoms with Crippen molar-refractivity contribution in [2.45, 2.75) is 12.6 Å². The third kappa shape index (κ3) is 4.35. The van der Waals surface area contributed by atoms with Crippen LogP contribution >= 0.6 is 11.8 Å². The molecule has 1 unspecified atom stereocenters. The Bertz CT molecular complexity index is 329. The van der Waals surface area contributed by atoms with E-state index in [-0.39, 0.29) is 0 Å². The van der Waals surface area contributed by atoms with E-state index in [0.717, 1.165) is 12.3 Å². The van der Waals surface area contributed by atoms with Gasteiger partial charge in [0, 0.05) is 30.4 Å². The Labute approximate surface area is 97.0 Å². The maximum atomic E-state index is 10.7. The molecule has 6 nitrogen and oxygen atoms in total. The molecule has 0 aromatic carbocycles. The van der Waals surface area contributed by atoms with Crippen LogP contribution in [0.3, 0.4) is 0 Å². The molecule has 0 fully saturated rings. The van der Waals surface area contributed by atoms with Crippen LogP contribution in [0.15, 0.2) is 18.5 Å². The highest BCUT2D eigenvalue weighted by atomic mass is 32.2.